The summed E-state index contributed by atoms with van der Waals surface area (Å²) in [5.41, 5.74) is 2.54. The summed E-state index contributed by atoms with van der Waals surface area (Å²) in [5.74, 6) is -1.08. The molecule has 0 aliphatic carbocycles. The molecule has 0 radical (unpaired) electrons. The van der Waals surface area contributed by atoms with Gasteiger partial charge in [0.15, 0.2) is 11.8 Å². The maximum Gasteiger partial charge on any atom is 0.353 e. The molecule has 124 valence electrons. The maximum absolute atomic E-state index is 11.3. The molecule has 3 rings (SSSR count). The normalized spacial score (nSPS) is 17.2. The Balaban J connectivity index is 1.77. The molecule has 1 atom stereocenters. The summed E-state index contributed by atoms with van der Waals surface area (Å²) in [4.78, 5) is 16.0. The molecule has 2 aromatic carbocycles. The van der Waals surface area contributed by atoms with Gasteiger partial charge in [-0.3, -0.25) is 0 Å². The van der Waals surface area contributed by atoms with E-state index in [2.05, 4.69) is 5.16 Å². The fourth-order valence-corrected chi connectivity index (χ4v) is 2.93. The number of hydrogen-bond donors (Lipinski definition) is 2. The lowest BCUT2D eigenvalue weighted by Crippen LogP contribution is -2.11. The molecule has 24 heavy (non-hydrogen) atoms. The van der Waals surface area contributed by atoms with Crippen LogP contribution < -0.4 is 5.14 Å². The summed E-state index contributed by atoms with van der Waals surface area (Å²) in [6, 6.07) is 13.6. The minimum absolute atomic E-state index is 0.00246. The fourth-order valence-electron chi connectivity index (χ4n) is 2.41. The largest absolute Gasteiger partial charge is 0.477 e. The van der Waals surface area contributed by atoms with E-state index >= 15 is 0 Å². The van der Waals surface area contributed by atoms with Gasteiger partial charge in [0.25, 0.3) is 0 Å². The summed E-state index contributed by atoms with van der Waals surface area (Å²) in [5, 5.41) is 17.5. The average Bonchev–Trinajstić information content (AvgIpc) is 3.05. The number of oxime groups is 1. The summed E-state index contributed by atoms with van der Waals surface area (Å²) in [6.45, 7) is 0. The van der Waals surface area contributed by atoms with Gasteiger partial charge in [-0.25, -0.2) is 18.4 Å². The lowest BCUT2D eigenvalue weighted by Gasteiger charge is -2.09. The van der Waals surface area contributed by atoms with Gasteiger partial charge in [0.2, 0.25) is 10.0 Å². The predicted molar refractivity (Wildman–Crippen MR) is 86.8 cm³/mol. The monoisotopic (exact) mass is 346 g/mol. The topological polar surface area (TPSA) is 119 Å². The number of nitrogens with zero attached hydrogens (tertiary/aromatic N) is 1. The zero-order valence-electron chi connectivity index (χ0n) is 12.4. The number of carboxylic acids is 1. The summed E-state index contributed by atoms with van der Waals surface area (Å²) < 4.78 is 22.5. The molecule has 1 heterocycles. The summed E-state index contributed by atoms with van der Waals surface area (Å²) in [6.07, 6.45) is -0.188. The SMILES string of the molecule is NS(=O)(=O)c1ccc(-c2ccc(C3CC(C(=O)O)=NO3)cc2)cc1. The van der Waals surface area contributed by atoms with E-state index in [9.17, 15) is 13.2 Å². The van der Waals surface area contributed by atoms with Gasteiger partial charge in [-0.05, 0) is 28.8 Å². The van der Waals surface area contributed by atoms with Crippen molar-refractivity contribution in [3.05, 3.63) is 54.1 Å². The average molecular weight is 346 g/mol. The Hall–Kier alpha value is -2.71. The van der Waals surface area contributed by atoms with E-state index in [0.717, 1.165) is 16.7 Å². The van der Waals surface area contributed by atoms with Gasteiger partial charge in [0, 0.05) is 6.42 Å². The smallest absolute Gasteiger partial charge is 0.353 e. The van der Waals surface area contributed by atoms with Crippen LogP contribution in [0.1, 0.15) is 18.1 Å². The molecule has 0 spiro atoms. The minimum Gasteiger partial charge on any atom is -0.477 e. The predicted octanol–water partition coefficient (Wildman–Crippen LogP) is 1.90. The molecule has 1 aliphatic rings. The first-order chi connectivity index (χ1) is 11.3. The van der Waals surface area contributed by atoms with Crippen LogP contribution in [-0.4, -0.2) is 25.2 Å². The molecule has 1 aliphatic heterocycles. The van der Waals surface area contributed by atoms with Crippen LogP contribution in [0.5, 0.6) is 0 Å². The molecule has 0 bridgehead atoms. The Kier molecular flexibility index (Phi) is 4.08. The summed E-state index contributed by atoms with van der Waals surface area (Å²) in [7, 11) is -3.71. The molecule has 7 nitrogen and oxygen atoms in total. The van der Waals surface area contributed by atoms with Gasteiger partial charge in [0.1, 0.15) is 0 Å². The Labute approximate surface area is 138 Å². The van der Waals surface area contributed by atoms with Crippen molar-refractivity contribution in [1.82, 2.24) is 0 Å². The number of carboxylic acid groups (broad SMARTS) is 1. The molecule has 0 fully saturated rings. The lowest BCUT2D eigenvalue weighted by molar-refractivity contribution is -0.129. The third kappa shape index (κ3) is 3.29. The van der Waals surface area contributed by atoms with Crippen LogP contribution in [-0.2, 0) is 19.7 Å². The van der Waals surface area contributed by atoms with E-state index in [0.29, 0.717) is 0 Å². The van der Waals surface area contributed by atoms with Crippen LogP contribution >= 0.6 is 0 Å². The van der Waals surface area contributed by atoms with Gasteiger partial charge >= 0.3 is 5.97 Å². The molecule has 8 heteroatoms. The highest BCUT2D eigenvalue weighted by Crippen LogP contribution is 2.29. The maximum atomic E-state index is 11.3. The van der Waals surface area contributed by atoms with Crippen molar-refractivity contribution in [2.45, 2.75) is 17.4 Å². The Morgan fingerprint density at radius 3 is 2.08 bits per heavy atom. The highest BCUT2D eigenvalue weighted by molar-refractivity contribution is 7.89. The molecule has 0 saturated carbocycles. The van der Waals surface area contributed by atoms with Crippen molar-refractivity contribution in [2.75, 3.05) is 0 Å². The van der Waals surface area contributed by atoms with Gasteiger partial charge in [-0.15, -0.1) is 0 Å². The molecule has 1 unspecified atom stereocenters. The van der Waals surface area contributed by atoms with E-state index in [4.69, 9.17) is 15.1 Å². The number of sulfonamides is 1. The molecule has 3 N–H and O–H groups in total. The highest BCUT2D eigenvalue weighted by atomic mass is 32.2. The van der Waals surface area contributed by atoms with E-state index in [1.54, 1.807) is 12.1 Å². The van der Waals surface area contributed by atoms with Gasteiger partial charge < -0.3 is 9.94 Å². The van der Waals surface area contributed by atoms with E-state index in [1.807, 2.05) is 24.3 Å². The minimum atomic E-state index is -3.71. The van der Waals surface area contributed by atoms with Crippen LogP contribution in [0.3, 0.4) is 0 Å². The van der Waals surface area contributed by atoms with E-state index in [-0.39, 0.29) is 17.0 Å². The van der Waals surface area contributed by atoms with E-state index < -0.39 is 22.1 Å². The van der Waals surface area contributed by atoms with E-state index in [1.165, 1.54) is 12.1 Å². The third-order valence-corrected chi connectivity index (χ3v) is 4.64. The molecule has 0 amide bonds. The van der Waals surface area contributed by atoms with Crippen molar-refractivity contribution in [3.8, 4) is 11.1 Å². The highest BCUT2D eigenvalue weighted by Gasteiger charge is 2.26. The first-order valence-corrected chi connectivity index (χ1v) is 8.58. The number of hydrogen-bond acceptors (Lipinski definition) is 5. The van der Waals surface area contributed by atoms with Crippen LogP contribution in [0.15, 0.2) is 58.6 Å². The number of primary sulfonamides is 1. The van der Waals surface area contributed by atoms with Crippen LogP contribution in [0.25, 0.3) is 11.1 Å². The number of aliphatic carboxylic acids is 1. The second kappa shape index (κ2) is 6.06. The molecular formula is C16H14N2O5S. The quantitative estimate of drug-likeness (QED) is 0.876. The van der Waals surface area contributed by atoms with Crippen LogP contribution in [0.4, 0.5) is 0 Å². The molecule has 0 aromatic heterocycles. The van der Waals surface area contributed by atoms with Gasteiger partial charge in [-0.1, -0.05) is 41.6 Å². The second-order valence-electron chi connectivity index (χ2n) is 5.33. The van der Waals surface area contributed by atoms with Crippen molar-refractivity contribution < 1.29 is 23.2 Å². The lowest BCUT2D eigenvalue weighted by atomic mass is 10.00. The Morgan fingerprint density at radius 2 is 1.62 bits per heavy atom. The standard InChI is InChI=1S/C16H14N2O5S/c17-24(21,22)13-7-5-11(6-8-13)10-1-3-12(4-2-10)15-9-14(16(19)20)18-23-15/h1-8,15H,9H2,(H,19,20)(H2,17,21,22). The Morgan fingerprint density at radius 1 is 1.08 bits per heavy atom. The zero-order chi connectivity index (χ0) is 17.3. The van der Waals surface area contributed by atoms with Crippen molar-refractivity contribution in [2.24, 2.45) is 10.3 Å². The van der Waals surface area contributed by atoms with Crippen molar-refractivity contribution >= 4 is 21.7 Å². The number of rotatable bonds is 4. The zero-order valence-corrected chi connectivity index (χ0v) is 13.2. The van der Waals surface area contributed by atoms with Gasteiger partial charge in [0.05, 0.1) is 4.90 Å². The Bertz CT molecular complexity index is 902. The first-order valence-electron chi connectivity index (χ1n) is 7.04. The molecular weight excluding hydrogens is 332 g/mol. The third-order valence-electron chi connectivity index (χ3n) is 3.71. The van der Waals surface area contributed by atoms with Crippen LogP contribution in [0.2, 0.25) is 0 Å². The number of benzene rings is 2. The number of carbonyl (C=O) groups is 1. The number of nitrogens with two attached hydrogens (primary N) is 1. The second-order valence-corrected chi connectivity index (χ2v) is 6.89. The first kappa shape index (κ1) is 16.2. The summed E-state index contributed by atoms with van der Waals surface area (Å²) >= 11 is 0. The van der Waals surface area contributed by atoms with Crippen LogP contribution in [0, 0.1) is 0 Å². The van der Waals surface area contributed by atoms with Crippen molar-refractivity contribution in [1.29, 1.82) is 0 Å². The molecule has 0 saturated heterocycles. The fraction of sp³-hybridized carbons (Fsp3) is 0.125. The van der Waals surface area contributed by atoms with Gasteiger partial charge in [-0.2, -0.15) is 0 Å². The van der Waals surface area contributed by atoms with Crippen molar-refractivity contribution in [3.63, 3.8) is 0 Å². The molecule has 2 aromatic rings.